The summed E-state index contributed by atoms with van der Waals surface area (Å²) in [5.41, 5.74) is 8.83. The van der Waals surface area contributed by atoms with Gasteiger partial charge in [0.05, 0.1) is 29.7 Å². The van der Waals surface area contributed by atoms with E-state index in [2.05, 4.69) is 27.4 Å². The Morgan fingerprint density at radius 2 is 1.77 bits per heavy atom. The number of benzene rings is 3. The van der Waals surface area contributed by atoms with Crippen LogP contribution in [0.25, 0.3) is 0 Å². The minimum absolute atomic E-state index is 0.00184. The van der Waals surface area contributed by atoms with Crippen LogP contribution in [0.5, 0.6) is 5.75 Å². The summed E-state index contributed by atoms with van der Waals surface area (Å²) in [6.45, 7) is 6.42. The summed E-state index contributed by atoms with van der Waals surface area (Å²) in [6, 6.07) is 16.0. The van der Waals surface area contributed by atoms with Crippen molar-refractivity contribution in [3.63, 3.8) is 0 Å². The van der Waals surface area contributed by atoms with Gasteiger partial charge in [-0.25, -0.2) is 12.7 Å². The average Bonchev–Trinajstić information content (AvgIpc) is 3.10. The molecule has 0 saturated carbocycles. The summed E-state index contributed by atoms with van der Waals surface area (Å²) in [7, 11) is -2.41. The average molecular weight is 565 g/mol. The first-order valence-corrected chi connectivity index (χ1v) is 14.3. The zero-order valence-electron chi connectivity index (χ0n) is 22.8. The Labute approximate surface area is 233 Å². The molecule has 0 atom stereocenters. The number of nitrogens with one attached hydrogen (secondary N) is 1. The lowest BCUT2D eigenvalue weighted by molar-refractivity contribution is -0.114. The zero-order valence-corrected chi connectivity index (χ0v) is 23.7. The van der Waals surface area contributed by atoms with E-state index in [1.165, 1.54) is 19.1 Å². The molecular weight excluding hydrogens is 532 g/mol. The topological polar surface area (TPSA) is 147 Å². The highest BCUT2D eigenvalue weighted by Crippen LogP contribution is 2.41. The number of nitrogens with two attached hydrogens (primary N) is 1. The number of anilines is 3. The molecular formula is C28H32N6O5S. The number of carbonyl (C=O) groups excluding carboxylic acids is 2. The van der Waals surface area contributed by atoms with Crippen LogP contribution in [0.15, 0.2) is 69.7 Å². The summed E-state index contributed by atoms with van der Waals surface area (Å²) in [5.74, 6) is -0.423. The number of ether oxygens (including phenoxy) is 1. The molecule has 0 fully saturated rings. The van der Waals surface area contributed by atoms with Gasteiger partial charge in [-0.3, -0.25) is 9.59 Å². The number of azo groups is 1. The van der Waals surface area contributed by atoms with Crippen molar-refractivity contribution in [1.82, 2.24) is 4.31 Å². The second kappa shape index (κ2) is 11.7. The summed E-state index contributed by atoms with van der Waals surface area (Å²) in [5, 5.41) is 11.3. The maximum Gasteiger partial charge on any atom is 0.269 e. The third-order valence-corrected chi connectivity index (χ3v) is 8.26. The van der Waals surface area contributed by atoms with Crippen LogP contribution >= 0.6 is 0 Å². The molecule has 1 aliphatic heterocycles. The van der Waals surface area contributed by atoms with Crippen molar-refractivity contribution in [2.75, 3.05) is 36.1 Å². The van der Waals surface area contributed by atoms with Crippen molar-refractivity contribution < 1.29 is 22.7 Å². The number of amides is 2. The Morgan fingerprint density at radius 1 is 1.07 bits per heavy atom. The molecule has 0 saturated heterocycles. The standard InChI is InChI=1S/C28H32N6O5S/c1-5-12-33(17-19-10-8-7-9-11-19)25-15-23(30-18(3)35)24(16-26(25)39-4)32-31-22-13-20-27(14-21(22)29)40(37,38)34(6-2)28(20)36/h7-11,13-16H,5-6,12,17,29H2,1-4H3,(H,30,35). The van der Waals surface area contributed by atoms with E-state index < -0.39 is 15.9 Å². The predicted octanol–water partition coefficient (Wildman–Crippen LogP) is 5.23. The van der Waals surface area contributed by atoms with E-state index in [9.17, 15) is 18.0 Å². The van der Waals surface area contributed by atoms with Crippen molar-refractivity contribution in [3.8, 4) is 5.75 Å². The SMILES string of the molecule is CCCN(Cc1ccccc1)c1cc(NC(C)=O)c(N=Nc2cc3c(cc2N)S(=O)(=O)N(CC)C3=O)cc1OC. The fourth-order valence-corrected chi connectivity index (χ4v) is 6.13. The van der Waals surface area contributed by atoms with Crippen LogP contribution in [-0.2, 0) is 21.4 Å². The van der Waals surface area contributed by atoms with Gasteiger partial charge < -0.3 is 20.7 Å². The summed E-state index contributed by atoms with van der Waals surface area (Å²) < 4.78 is 31.8. The van der Waals surface area contributed by atoms with Gasteiger partial charge in [0.2, 0.25) is 5.91 Å². The molecule has 1 aliphatic rings. The quantitative estimate of drug-likeness (QED) is 0.253. The van der Waals surface area contributed by atoms with Crippen molar-refractivity contribution >= 4 is 50.3 Å². The summed E-state index contributed by atoms with van der Waals surface area (Å²) in [4.78, 5) is 26.8. The van der Waals surface area contributed by atoms with Gasteiger partial charge in [0, 0.05) is 32.6 Å². The molecule has 3 aromatic rings. The van der Waals surface area contributed by atoms with Crippen LogP contribution in [0.2, 0.25) is 0 Å². The summed E-state index contributed by atoms with van der Waals surface area (Å²) in [6.07, 6.45) is 0.883. The number of carbonyl (C=O) groups is 2. The normalized spacial score (nSPS) is 13.9. The van der Waals surface area contributed by atoms with Gasteiger partial charge >= 0.3 is 0 Å². The lowest BCUT2D eigenvalue weighted by Crippen LogP contribution is -2.29. The number of sulfonamides is 1. The van der Waals surface area contributed by atoms with Crippen LogP contribution in [0.4, 0.5) is 28.4 Å². The minimum Gasteiger partial charge on any atom is -0.494 e. The first-order valence-electron chi connectivity index (χ1n) is 12.8. The van der Waals surface area contributed by atoms with Crippen LogP contribution in [0.3, 0.4) is 0 Å². The Hall–Kier alpha value is -4.45. The van der Waals surface area contributed by atoms with E-state index in [0.29, 0.717) is 23.7 Å². The second-order valence-corrected chi connectivity index (χ2v) is 11.0. The van der Waals surface area contributed by atoms with Crippen molar-refractivity contribution in [3.05, 3.63) is 65.7 Å². The van der Waals surface area contributed by atoms with E-state index in [1.54, 1.807) is 26.2 Å². The highest BCUT2D eigenvalue weighted by atomic mass is 32.2. The number of hydrogen-bond acceptors (Lipinski definition) is 9. The Bertz CT molecular complexity index is 1570. The monoisotopic (exact) mass is 564 g/mol. The molecule has 11 nitrogen and oxygen atoms in total. The highest BCUT2D eigenvalue weighted by molar-refractivity contribution is 7.90. The first kappa shape index (κ1) is 28.6. The maximum atomic E-state index is 12.7. The number of nitrogens with zero attached hydrogens (tertiary/aromatic N) is 4. The van der Waals surface area contributed by atoms with Crippen LogP contribution in [0.1, 0.15) is 43.1 Å². The molecule has 1 heterocycles. The molecule has 210 valence electrons. The van der Waals surface area contributed by atoms with Crippen molar-refractivity contribution in [1.29, 1.82) is 0 Å². The minimum atomic E-state index is -3.96. The molecule has 0 unspecified atom stereocenters. The number of nitrogen functional groups attached to an aromatic ring is 1. The Kier molecular flexibility index (Phi) is 8.38. The van der Waals surface area contributed by atoms with Crippen molar-refractivity contribution in [2.45, 2.75) is 38.6 Å². The maximum absolute atomic E-state index is 12.7. The molecule has 40 heavy (non-hydrogen) atoms. The molecule has 3 N–H and O–H groups in total. The molecule has 4 rings (SSSR count). The predicted molar refractivity (Wildman–Crippen MR) is 154 cm³/mol. The molecule has 0 spiro atoms. The van der Waals surface area contributed by atoms with Gasteiger partial charge in [0.25, 0.3) is 15.9 Å². The number of fused-ring (bicyclic) bond motifs is 1. The van der Waals surface area contributed by atoms with E-state index in [-0.39, 0.29) is 34.3 Å². The lowest BCUT2D eigenvalue weighted by atomic mass is 10.1. The van der Waals surface area contributed by atoms with Crippen LogP contribution in [0, 0.1) is 0 Å². The fraction of sp³-hybridized carbons (Fsp3) is 0.286. The molecule has 3 aromatic carbocycles. The third kappa shape index (κ3) is 5.62. The third-order valence-electron chi connectivity index (χ3n) is 6.36. The van der Waals surface area contributed by atoms with E-state index in [4.69, 9.17) is 10.5 Å². The molecule has 12 heteroatoms. The van der Waals surface area contributed by atoms with Gasteiger partial charge in [-0.15, -0.1) is 10.2 Å². The van der Waals surface area contributed by atoms with Gasteiger partial charge in [0.15, 0.2) is 0 Å². The number of methoxy groups -OCH3 is 1. The molecule has 2 amide bonds. The highest BCUT2D eigenvalue weighted by Gasteiger charge is 2.40. The van der Waals surface area contributed by atoms with E-state index >= 15 is 0 Å². The second-order valence-electron chi connectivity index (χ2n) is 9.21. The van der Waals surface area contributed by atoms with Gasteiger partial charge in [-0.2, -0.15) is 0 Å². The smallest absolute Gasteiger partial charge is 0.269 e. The van der Waals surface area contributed by atoms with E-state index in [1.807, 2.05) is 30.3 Å². The first-order chi connectivity index (χ1) is 19.1. The number of rotatable bonds is 10. The van der Waals surface area contributed by atoms with Crippen LogP contribution < -0.4 is 20.7 Å². The zero-order chi connectivity index (χ0) is 29.0. The Morgan fingerprint density at radius 3 is 2.40 bits per heavy atom. The van der Waals surface area contributed by atoms with Gasteiger partial charge in [-0.05, 0) is 37.1 Å². The molecule has 0 bridgehead atoms. The fourth-order valence-electron chi connectivity index (χ4n) is 4.53. The molecule has 0 aliphatic carbocycles. The van der Waals surface area contributed by atoms with Crippen molar-refractivity contribution in [2.24, 2.45) is 10.2 Å². The largest absolute Gasteiger partial charge is 0.494 e. The van der Waals surface area contributed by atoms with Gasteiger partial charge in [0.1, 0.15) is 22.0 Å². The number of hydrogen-bond donors (Lipinski definition) is 2. The Balaban J connectivity index is 1.76. The summed E-state index contributed by atoms with van der Waals surface area (Å²) >= 11 is 0. The lowest BCUT2D eigenvalue weighted by Gasteiger charge is -2.27. The molecule has 0 radical (unpaired) electrons. The van der Waals surface area contributed by atoms with Gasteiger partial charge in [-0.1, -0.05) is 37.3 Å². The molecule has 0 aromatic heterocycles. The van der Waals surface area contributed by atoms with Crippen LogP contribution in [-0.4, -0.2) is 44.7 Å². The van der Waals surface area contributed by atoms with E-state index in [0.717, 1.165) is 28.5 Å².